The molecule has 248 valence electrons. The molecule has 0 heterocycles. The Kier molecular flexibility index (Phi) is 12.5. The second-order valence-electron chi connectivity index (χ2n) is 11.6. The van der Waals surface area contributed by atoms with Gasteiger partial charge in [0, 0.05) is 24.5 Å². The molecule has 0 saturated heterocycles. The van der Waals surface area contributed by atoms with Crippen LogP contribution in [0, 0.1) is 12.8 Å². The van der Waals surface area contributed by atoms with Gasteiger partial charge in [-0.05, 0) is 82.4 Å². The van der Waals surface area contributed by atoms with E-state index >= 15 is 0 Å². The van der Waals surface area contributed by atoms with Gasteiger partial charge in [0.1, 0.15) is 18.3 Å². The van der Waals surface area contributed by atoms with Gasteiger partial charge >= 0.3 is 0 Å². The summed E-state index contributed by atoms with van der Waals surface area (Å²) in [5, 5.41) is 3.53. The van der Waals surface area contributed by atoms with E-state index in [9.17, 15) is 18.0 Å². The lowest BCUT2D eigenvalue weighted by atomic mass is 10.0. The quantitative estimate of drug-likeness (QED) is 0.150. The molecule has 0 radical (unpaired) electrons. The van der Waals surface area contributed by atoms with E-state index in [0.717, 1.165) is 21.0 Å². The van der Waals surface area contributed by atoms with Gasteiger partial charge in [0.05, 0.1) is 22.2 Å². The summed E-state index contributed by atoms with van der Waals surface area (Å²) in [5.74, 6) is -0.221. The summed E-state index contributed by atoms with van der Waals surface area (Å²) in [6.45, 7) is 5.80. The predicted octanol–water partition coefficient (Wildman–Crippen LogP) is 7.03. The number of sulfonamides is 1. The fraction of sp³-hybridized carbons (Fsp3) is 0.278. The molecule has 4 rings (SSSR count). The third-order valence-corrected chi connectivity index (χ3v) is 10.2. The summed E-state index contributed by atoms with van der Waals surface area (Å²) in [6.07, 6.45) is 0.229. The van der Waals surface area contributed by atoms with E-state index in [1.54, 1.807) is 54.6 Å². The van der Waals surface area contributed by atoms with Crippen molar-refractivity contribution in [3.63, 3.8) is 0 Å². The molecule has 0 aromatic heterocycles. The molecule has 0 bridgehead atoms. The van der Waals surface area contributed by atoms with Crippen LogP contribution in [0.1, 0.15) is 30.5 Å². The molecule has 47 heavy (non-hydrogen) atoms. The number of rotatable bonds is 14. The van der Waals surface area contributed by atoms with Crippen molar-refractivity contribution in [2.45, 2.75) is 44.7 Å². The molecule has 1 N–H and O–H groups in total. The van der Waals surface area contributed by atoms with Crippen molar-refractivity contribution in [2.75, 3.05) is 24.5 Å². The van der Waals surface area contributed by atoms with Crippen molar-refractivity contribution in [2.24, 2.45) is 5.92 Å². The van der Waals surface area contributed by atoms with E-state index in [4.69, 9.17) is 16.3 Å². The van der Waals surface area contributed by atoms with Gasteiger partial charge in [-0.15, -0.1) is 0 Å². The highest BCUT2D eigenvalue weighted by Crippen LogP contribution is 2.31. The van der Waals surface area contributed by atoms with E-state index in [0.29, 0.717) is 27.5 Å². The Labute approximate surface area is 290 Å². The first kappa shape index (κ1) is 36.0. The average molecular weight is 741 g/mol. The molecule has 0 saturated carbocycles. The first-order valence-electron chi connectivity index (χ1n) is 15.2. The standard InChI is InChI=1S/C36H39BrClN3O5S/c1-25(2)22-39-36(43)33(20-27-8-6-5-7-9-27)40(23-28-12-14-29(38)15-13-28)35(42)24-41(30-16-10-26(3)11-17-30)47(44,45)31-18-19-34(46-4)32(37)21-31/h5-19,21,25,33H,20,22-24H2,1-4H3,(H,39,43)/t33-/m1/s1. The number of halogens is 2. The van der Waals surface area contributed by atoms with E-state index in [1.165, 1.54) is 24.1 Å². The molecule has 11 heteroatoms. The SMILES string of the molecule is COc1ccc(S(=O)(=O)N(CC(=O)N(Cc2ccc(Cl)cc2)[C@H](Cc2ccccc2)C(=O)NCC(C)C)c2ccc(C)cc2)cc1Br. The predicted molar refractivity (Wildman–Crippen MR) is 190 cm³/mol. The highest BCUT2D eigenvalue weighted by atomic mass is 79.9. The number of ether oxygens (including phenoxy) is 1. The van der Waals surface area contributed by atoms with Crippen LogP contribution in [0.5, 0.6) is 5.75 Å². The fourth-order valence-corrected chi connectivity index (χ4v) is 7.20. The molecule has 0 unspecified atom stereocenters. The molecular weight excluding hydrogens is 702 g/mol. The molecular formula is C36H39BrClN3O5S. The average Bonchev–Trinajstić information content (AvgIpc) is 3.05. The zero-order valence-corrected chi connectivity index (χ0v) is 30.0. The number of methoxy groups -OCH3 is 1. The summed E-state index contributed by atoms with van der Waals surface area (Å²) in [7, 11) is -2.78. The second kappa shape index (κ2) is 16.3. The summed E-state index contributed by atoms with van der Waals surface area (Å²) in [5.41, 5.74) is 2.84. The van der Waals surface area contributed by atoms with Crippen molar-refractivity contribution in [1.29, 1.82) is 0 Å². The lowest BCUT2D eigenvalue weighted by molar-refractivity contribution is -0.140. The van der Waals surface area contributed by atoms with Crippen molar-refractivity contribution >= 4 is 55.1 Å². The summed E-state index contributed by atoms with van der Waals surface area (Å²) in [4.78, 5) is 29.9. The zero-order chi connectivity index (χ0) is 34.1. The lowest BCUT2D eigenvalue weighted by Gasteiger charge is -2.34. The molecule has 0 spiro atoms. The molecule has 0 aliphatic heterocycles. The Morgan fingerprint density at radius 1 is 0.915 bits per heavy atom. The minimum Gasteiger partial charge on any atom is -0.496 e. The van der Waals surface area contributed by atoms with Gasteiger partial charge in [0.25, 0.3) is 10.0 Å². The topological polar surface area (TPSA) is 96.0 Å². The van der Waals surface area contributed by atoms with Crippen LogP contribution < -0.4 is 14.4 Å². The van der Waals surface area contributed by atoms with Crippen molar-refractivity contribution in [3.05, 3.63) is 123 Å². The summed E-state index contributed by atoms with van der Waals surface area (Å²) >= 11 is 9.54. The van der Waals surface area contributed by atoms with E-state index in [-0.39, 0.29) is 29.7 Å². The van der Waals surface area contributed by atoms with Crippen LogP contribution >= 0.6 is 27.5 Å². The number of nitrogens with zero attached hydrogens (tertiary/aromatic N) is 2. The molecule has 4 aromatic rings. The van der Waals surface area contributed by atoms with Gasteiger partial charge in [0.2, 0.25) is 11.8 Å². The maximum atomic E-state index is 14.6. The Morgan fingerprint density at radius 2 is 1.57 bits per heavy atom. The maximum Gasteiger partial charge on any atom is 0.264 e. The Balaban J connectivity index is 1.80. The largest absolute Gasteiger partial charge is 0.496 e. The second-order valence-corrected chi connectivity index (χ2v) is 14.8. The summed E-state index contributed by atoms with van der Waals surface area (Å²) < 4.78 is 35.4. The third-order valence-electron chi connectivity index (χ3n) is 7.53. The number of hydrogen-bond acceptors (Lipinski definition) is 5. The molecule has 0 aliphatic carbocycles. The van der Waals surface area contributed by atoms with Gasteiger partial charge in [-0.25, -0.2) is 8.42 Å². The third kappa shape index (κ3) is 9.59. The van der Waals surface area contributed by atoms with Gasteiger partial charge in [-0.1, -0.05) is 85.6 Å². The number of carbonyl (C=O) groups excluding carboxylic acids is 2. The first-order chi connectivity index (χ1) is 22.4. The maximum absolute atomic E-state index is 14.6. The fourth-order valence-electron chi connectivity index (χ4n) is 4.94. The van der Waals surface area contributed by atoms with Crippen molar-refractivity contribution < 1.29 is 22.7 Å². The number of carbonyl (C=O) groups is 2. The highest BCUT2D eigenvalue weighted by Gasteiger charge is 2.35. The Morgan fingerprint density at radius 3 is 2.17 bits per heavy atom. The Hall–Kier alpha value is -3.86. The van der Waals surface area contributed by atoms with Crippen LogP contribution in [0.4, 0.5) is 5.69 Å². The van der Waals surface area contributed by atoms with Crippen LogP contribution in [-0.2, 0) is 32.6 Å². The molecule has 4 aromatic carbocycles. The lowest BCUT2D eigenvalue weighted by Crippen LogP contribution is -2.53. The van der Waals surface area contributed by atoms with Crippen molar-refractivity contribution in [1.82, 2.24) is 10.2 Å². The van der Waals surface area contributed by atoms with Gasteiger partial charge in [-0.2, -0.15) is 0 Å². The molecule has 8 nitrogen and oxygen atoms in total. The molecule has 1 atom stereocenters. The van der Waals surface area contributed by atoms with Crippen LogP contribution in [0.3, 0.4) is 0 Å². The summed E-state index contributed by atoms with van der Waals surface area (Å²) in [6, 6.07) is 26.9. The van der Waals surface area contributed by atoms with Crippen LogP contribution in [0.15, 0.2) is 106 Å². The minimum atomic E-state index is -4.27. The van der Waals surface area contributed by atoms with Crippen LogP contribution in [-0.4, -0.2) is 51.4 Å². The number of amides is 2. The normalized spacial score (nSPS) is 12.0. The van der Waals surface area contributed by atoms with Crippen LogP contribution in [0.2, 0.25) is 5.02 Å². The zero-order valence-electron chi connectivity index (χ0n) is 26.8. The number of aryl methyl sites for hydroxylation is 1. The number of anilines is 1. The van der Waals surface area contributed by atoms with Crippen LogP contribution in [0.25, 0.3) is 0 Å². The minimum absolute atomic E-state index is 0.0293. The van der Waals surface area contributed by atoms with Crippen molar-refractivity contribution in [3.8, 4) is 5.75 Å². The highest BCUT2D eigenvalue weighted by molar-refractivity contribution is 9.10. The van der Waals surface area contributed by atoms with Gasteiger partial charge < -0.3 is 15.0 Å². The number of benzene rings is 4. The van der Waals surface area contributed by atoms with Gasteiger partial charge in [0.15, 0.2) is 0 Å². The number of nitrogens with one attached hydrogen (secondary N) is 1. The number of hydrogen-bond donors (Lipinski definition) is 1. The van der Waals surface area contributed by atoms with E-state index in [1.807, 2.05) is 51.1 Å². The smallest absolute Gasteiger partial charge is 0.264 e. The van der Waals surface area contributed by atoms with E-state index in [2.05, 4.69) is 21.2 Å². The first-order valence-corrected chi connectivity index (χ1v) is 17.8. The molecule has 0 aliphatic rings. The monoisotopic (exact) mass is 739 g/mol. The van der Waals surface area contributed by atoms with E-state index < -0.39 is 28.5 Å². The van der Waals surface area contributed by atoms with Gasteiger partial charge in [-0.3, -0.25) is 13.9 Å². The molecule has 0 fully saturated rings. The Bertz CT molecular complexity index is 1770. The molecule has 2 amide bonds.